The fourth-order valence-electron chi connectivity index (χ4n) is 8.92. The number of quaternary nitrogens is 1. The minimum Gasteiger partial charge on any atom is -1.00 e. The summed E-state index contributed by atoms with van der Waals surface area (Å²) in [6, 6.07) is 19.0. The number of nitriles is 2. The number of rotatable bonds is 18. The second kappa shape index (κ2) is 25.5. The molecule has 4 aromatic carbocycles. The van der Waals surface area contributed by atoms with E-state index in [-0.39, 0.29) is 113 Å². The van der Waals surface area contributed by atoms with Gasteiger partial charge in [0, 0.05) is 11.4 Å². The Bertz CT molecular complexity index is 2880. The summed E-state index contributed by atoms with van der Waals surface area (Å²) in [5.41, 5.74) is -1.92. The van der Waals surface area contributed by atoms with Gasteiger partial charge in [0.2, 0.25) is 11.8 Å². The summed E-state index contributed by atoms with van der Waals surface area (Å²) in [6.45, 7) is 4.65. The minimum absolute atomic E-state index is 0. The maximum absolute atomic E-state index is 14.6. The molecule has 0 saturated heterocycles. The zero-order chi connectivity index (χ0) is 56.6. The average molecular weight is 1200 g/mol. The molecule has 6 rings (SSSR count). The molecular weight excluding hydrogens is 1140 g/mol. The second-order valence-electron chi connectivity index (χ2n) is 18.4. The third-order valence-corrected chi connectivity index (χ3v) is 12.8. The number of alkyl halides is 6. The first-order valence-corrected chi connectivity index (χ1v) is 24.0. The van der Waals surface area contributed by atoms with Gasteiger partial charge in [0.25, 0.3) is 0 Å². The molecule has 2 N–H and O–H groups in total. The maximum atomic E-state index is 14.6. The van der Waals surface area contributed by atoms with Crippen LogP contribution in [0.15, 0.2) is 120 Å². The van der Waals surface area contributed by atoms with Gasteiger partial charge < -0.3 is 58.4 Å². The van der Waals surface area contributed by atoms with Crippen LogP contribution in [0, 0.1) is 22.7 Å². The molecule has 24 heteroatoms. The highest BCUT2D eigenvalue weighted by atomic mass is 127. The van der Waals surface area contributed by atoms with Crippen LogP contribution in [-0.4, -0.2) is 117 Å². The lowest BCUT2D eigenvalue weighted by Gasteiger charge is -2.42. The molecule has 0 saturated carbocycles. The van der Waals surface area contributed by atoms with Gasteiger partial charge >= 0.3 is 36.4 Å². The lowest BCUT2D eigenvalue weighted by atomic mass is 9.92. The van der Waals surface area contributed by atoms with Gasteiger partial charge in [0.15, 0.2) is 0 Å². The summed E-state index contributed by atoms with van der Waals surface area (Å²) >= 11 is 0. The third-order valence-electron chi connectivity index (χ3n) is 12.8. The summed E-state index contributed by atoms with van der Waals surface area (Å²) in [5, 5.41) is 24.5. The number of amides is 6. The SMILES string of the molecule is CCOC(=O)C1=C(C)N(c2cccc(C(F)(F)F)c2)C(=O)N(CC(=O)NCC[N+](C)(C)CCNC(=O)CN2C(=O)N(c3cccc(C(F)(F)F)c3)C(C)=C(C(=O)OCC)[C@H]2c2ccc(C#N)cc2)C1c1ccc(C#N)cc1.[I-]. The highest BCUT2D eigenvalue weighted by Gasteiger charge is 2.46. The van der Waals surface area contributed by atoms with E-state index in [0.717, 1.165) is 56.0 Å². The largest absolute Gasteiger partial charge is 1.00 e. The number of nitrogens with zero attached hydrogens (tertiary/aromatic N) is 7. The van der Waals surface area contributed by atoms with Crippen molar-refractivity contribution in [3.05, 3.63) is 153 Å². The molecule has 0 aliphatic carbocycles. The smallest absolute Gasteiger partial charge is 0.416 e. The number of hydrogen-bond acceptors (Lipinski definition) is 10. The molecule has 2 aliphatic rings. The van der Waals surface area contributed by atoms with Crippen molar-refractivity contribution < 1.29 is 93.0 Å². The Labute approximate surface area is 462 Å². The van der Waals surface area contributed by atoms with E-state index in [2.05, 4.69) is 10.6 Å². The van der Waals surface area contributed by atoms with Crippen molar-refractivity contribution in [1.29, 1.82) is 10.5 Å². The monoisotopic (exact) mass is 1200 g/mol. The summed E-state index contributed by atoms with van der Waals surface area (Å²) in [4.78, 5) is 88.2. The molecule has 6 amide bonds. The van der Waals surface area contributed by atoms with E-state index >= 15 is 0 Å². The zero-order valence-electron chi connectivity index (χ0n) is 43.1. The molecule has 0 radical (unpaired) electrons. The summed E-state index contributed by atoms with van der Waals surface area (Å²) < 4.78 is 94.5. The maximum Gasteiger partial charge on any atom is 0.416 e. The van der Waals surface area contributed by atoms with E-state index in [0.29, 0.717) is 11.1 Å². The van der Waals surface area contributed by atoms with Crippen LogP contribution >= 0.6 is 0 Å². The van der Waals surface area contributed by atoms with Gasteiger partial charge in [-0.05, 0) is 99.5 Å². The fourth-order valence-corrected chi connectivity index (χ4v) is 8.92. The van der Waals surface area contributed by atoms with Gasteiger partial charge in [-0.25, -0.2) is 19.2 Å². The van der Waals surface area contributed by atoms with Crippen molar-refractivity contribution in [2.24, 2.45) is 0 Å². The van der Waals surface area contributed by atoms with Crippen LogP contribution < -0.4 is 44.4 Å². The number of benzene rings is 4. The Morgan fingerprint density at radius 2 is 0.949 bits per heavy atom. The average Bonchev–Trinajstić information content (AvgIpc) is 3.42. The number of hydrogen-bond donors (Lipinski definition) is 2. The van der Waals surface area contributed by atoms with Crippen LogP contribution in [0.25, 0.3) is 0 Å². The molecule has 0 fully saturated rings. The number of esters is 2. The quantitative estimate of drug-likeness (QED) is 0.0583. The van der Waals surface area contributed by atoms with Crippen molar-refractivity contribution in [3.8, 4) is 12.1 Å². The molecule has 2 heterocycles. The normalized spacial score (nSPS) is 16.0. The number of anilines is 2. The van der Waals surface area contributed by atoms with E-state index in [1.54, 1.807) is 27.9 Å². The number of urea groups is 2. The van der Waals surface area contributed by atoms with Crippen LogP contribution in [0.4, 0.5) is 47.3 Å². The molecule has 0 spiro atoms. The lowest BCUT2D eigenvalue weighted by Crippen LogP contribution is -3.00. The Hall–Kier alpha value is -7.97. The highest BCUT2D eigenvalue weighted by Crippen LogP contribution is 2.43. The minimum atomic E-state index is -4.79. The fraction of sp³-hybridized carbons (Fsp3) is 0.333. The van der Waals surface area contributed by atoms with Gasteiger partial charge in [-0.2, -0.15) is 36.9 Å². The first kappa shape index (κ1) is 60.9. The van der Waals surface area contributed by atoms with E-state index in [1.807, 2.05) is 12.1 Å². The lowest BCUT2D eigenvalue weighted by molar-refractivity contribution is -0.887. The van der Waals surface area contributed by atoms with E-state index in [1.165, 1.54) is 74.5 Å². The first-order valence-electron chi connectivity index (χ1n) is 24.0. The molecule has 17 nitrogen and oxygen atoms in total. The number of carbonyl (C=O) groups is 6. The molecule has 0 aromatic heterocycles. The number of carbonyl (C=O) groups excluding carboxylic acids is 6. The molecule has 1 unspecified atom stereocenters. The van der Waals surface area contributed by atoms with Crippen LogP contribution in [0.5, 0.6) is 0 Å². The van der Waals surface area contributed by atoms with E-state index in [9.17, 15) is 65.6 Å². The molecular formula is C54H54F6IN9O8. The number of likely N-dealkylation sites (N-methyl/N-ethyl adjacent to an activating group) is 1. The number of allylic oxidation sites excluding steroid dienone is 2. The Morgan fingerprint density at radius 1 is 0.603 bits per heavy atom. The summed E-state index contributed by atoms with van der Waals surface area (Å²) in [5.74, 6) is -3.24. The van der Waals surface area contributed by atoms with Crippen molar-refractivity contribution >= 4 is 47.2 Å². The van der Waals surface area contributed by atoms with Crippen LogP contribution in [-0.2, 0) is 41.0 Å². The Balaban J connectivity index is 0.0000112. The predicted molar refractivity (Wildman–Crippen MR) is 266 cm³/mol. The van der Waals surface area contributed by atoms with Crippen LogP contribution in [0.1, 0.15) is 73.2 Å². The number of halogens is 7. The topological polar surface area (TPSA) is 205 Å². The summed E-state index contributed by atoms with van der Waals surface area (Å²) in [7, 11) is 3.56. The molecule has 78 heavy (non-hydrogen) atoms. The Kier molecular flexibility index (Phi) is 19.9. The molecule has 4 aromatic rings. The van der Waals surface area contributed by atoms with Crippen molar-refractivity contribution in [1.82, 2.24) is 20.4 Å². The molecule has 0 bridgehead atoms. The van der Waals surface area contributed by atoms with Crippen LogP contribution in [0.2, 0.25) is 0 Å². The van der Waals surface area contributed by atoms with Crippen molar-refractivity contribution in [3.63, 3.8) is 0 Å². The highest BCUT2D eigenvalue weighted by molar-refractivity contribution is 6.05. The Morgan fingerprint density at radius 3 is 1.26 bits per heavy atom. The van der Waals surface area contributed by atoms with Gasteiger partial charge in [-0.3, -0.25) is 19.4 Å². The van der Waals surface area contributed by atoms with Crippen molar-refractivity contribution in [2.75, 3.05) is 76.4 Å². The first-order chi connectivity index (χ1) is 36.3. The standard InChI is InChI=1S/C54H53F6N9O8.HI/c1-7-76-49(72)45-33(3)67(41-13-9-11-39(27-41)53(55,56)57)51(74)65(47(45)37-19-15-35(29-61)16-20-37)31-43(70)63-23-25-69(5,6)26-24-64-44(71)32-66-48(38-21-17-36(30-62)18-22-38)46(50(73)77-8-2)34(4)68(52(66)75)42-14-10-12-40(28-42)54(58,59)60;/h9-22,27-28,47-48H,7-8,23-26,31-32H2,1-6H3,(H-,63,64,70,71);1H/t47-,48?;/m1./s1. The van der Waals surface area contributed by atoms with Gasteiger partial charge in [0.1, 0.15) is 13.1 Å². The number of nitrogens with one attached hydrogen (secondary N) is 2. The zero-order valence-corrected chi connectivity index (χ0v) is 45.2. The predicted octanol–water partition coefficient (Wildman–Crippen LogP) is 5.12. The van der Waals surface area contributed by atoms with Crippen LogP contribution in [0.3, 0.4) is 0 Å². The summed E-state index contributed by atoms with van der Waals surface area (Å²) in [6.07, 6.45) is -9.58. The third kappa shape index (κ3) is 13.9. The molecule has 2 atom stereocenters. The second-order valence-corrected chi connectivity index (χ2v) is 18.4. The molecule has 2 aliphatic heterocycles. The van der Waals surface area contributed by atoms with Gasteiger partial charge in [-0.1, -0.05) is 36.4 Å². The van der Waals surface area contributed by atoms with Crippen molar-refractivity contribution in [2.45, 2.75) is 52.1 Å². The number of ether oxygens (including phenoxy) is 2. The van der Waals surface area contributed by atoms with Gasteiger partial charge in [0.05, 0.1) is 122 Å². The van der Waals surface area contributed by atoms with Gasteiger partial charge in [-0.15, -0.1) is 0 Å². The van der Waals surface area contributed by atoms with E-state index < -0.39 is 84.5 Å². The van der Waals surface area contributed by atoms with E-state index in [4.69, 9.17) is 9.47 Å². The molecule has 412 valence electrons.